The van der Waals surface area contributed by atoms with Gasteiger partial charge in [-0.15, -0.1) is 0 Å². The maximum absolute atomic E-state index is 12.7. The van der Waals surface area contributed by atoms with E-state index in [1.165, 1.54) is 12.1 Å². The van der Waals surface area contributed by atoms with Gasteiger partial charge in [0.1, 0.15) is 0 Å². The molecule has 2 atom stereocenters. The van der Waals surface area contributed by atoms with E-state index < -0.39 is 11.7 Å². The topological polar surface area (TPSA) is 21.3 Å². The van der Waals surface area contributed by atoms with Gasteiger partial charge in [-0.3, -0.25) is 0 Å². The molecular weight excluding hydrogens is 267 g/mol. The maximum atomic E-state index is 12.7. The van der Waals surface area contributed by atoms with E-state index in [1.54, 1.807) is 6.07 Å². The van der Waals surface area contributed by atoms with Crippen LogP contribution in [0.3, 0.4) is 0 Å². The summed E-state index contributed by atoms with van der Waals surface area (Å²) < 4.78 is 43.8. The Labute approximate surface area is 118 Å². The number of nitrogens with one attached hydrogen (secondary N) is 1. The highest BCUT2D eigenvalue weighted by Gasteiger charge is 2.31. The van der Waals surface area contributed by atoms with E-state index in [2.05, 4.69) is 5.32 Å². The highest BCUT2D eigenvalue weighted by Crippen LogP contribution is 2.30. The summed E-state index contributed by atoms with van der Waals surface area (Å²) in [5.41, 5.74) is -0.0218. The number of rotatable bonds is 7. The molecule has 0 spiro atoms. The highest BCUT2D eigenvalue weighted by molar-refractivity contribution is 5.28. The van der Waals surface area contributed by atoms with Crippen LogP contribution in [0.4, 0.5) is 13.2 Å². The first-order valence-corrected chi connectivity index (χ1v) is 6.90. The number of alkyl halides is 3. The Bertz CT molecular complexity index is 406. The Morgan fingerprint density at radius 2 is 1.95 bits per heavy atom. The fourth-order valence-electron chi connectivity index (χ4n) is 1.83. The normalized spacial score (nSPS) is 15.1. The fourth-order valence-corrected chi connectivity index (χ4v) is 1.83. The van der Waals surface area contributed by atoms with Crippen molar-refractivity contribution in [2.45, 2.75) is 45.5 Å². The van der Waals surface area contributed by atoms with Gasteiger partial charge < -0.3 is 10.1 Å². The lowest BCUT2D eigenvalue weighted by molar-refractivity contribution is -0.137. The van der Waals surface area contributed by atoms with Gasteiger partial charge in [0.05, 0.1) is 24.3 Å². The van der Waals surface area contributed by atoms with Crippen molar-refractivity contribution >= 4 is 0 Å². The predicted octanol–water partition coefficient (Wildman–Crippen LogP) is 4.17. The number of hydrogen-bond donors (Lipinski definition) is 1. The van der Waals surface area contributed by atoms with Crippen molar-refractivity contribution in [3.8, 4) is 0 Å². The molecule has 2 unspecified atom stereocenters. The zero-order valence-electron chi connectivity index (χ0n) is 12.1. The molecule has 0 heterocycles. The first kappa shape index (κ1) is 17.0. The van der Waals surface area contributed by atoms with E-state index in [1.807, 2.05) is 20.8 Å². The summed E-state index contributed by atoms with van der Waals surface area (Å²) in [5, 5.41) is 3.16. The second-order valence-electron chi connectivity index (χ2n) is 4.79. The average molecular weight is 289 g/mol. The Kier molecular flexibility index (Phi) is 6.49. The van der Waals surface area contributed by atoms with E-state index >= 15 is 0 Å². The smallest absolute Gasteiger partial charge is 0.377 e. The molecule has 0 amide bonds. The number of ether oxygens (including phenoxy) is 1. The van der Waals surface area contributed by atoms with Gasteiger partial charge in [-0.1, -0.05) is 26.0 Å². The van der Waals surface area contributed by atoms with E-state index in [-0.39, 0.29) is 12.1 Å². The molecule has 1 aromatic rings. The van der Waals surface area contributed by atoms with Crippen LogP contribution in [0, 0.1) is 0 Å². The molecule has 0 aromatic heterocycles. The first-order valence-electron chi connectivity index (χ1n) is 6.90. The van der Waals surface area contributed by atoms with Crippen molar-refractivity contribution in [3.63, 3.8) is 0 Å². The summed E-state index contributed by atoms with van der Waals surface area (Å²) in [5.74, 6) is 0. The van der Waals surface area contributed by atoms with Crippen molar-refractivity contribution in [1.82, 2.24) is 5.32 Å². The maximum Gasteiger partial charge on any atom is 0.416 e. The second kappa shape index (κ2) is 7.64. The first-order chi connectivity index (χ1) is 9.38. The van der Waals surface area contributed by atoms with Gasteiger partial charge in [-0.2, -0.15) is 13.2 Å². The summed E-state index contributed by atoms with van der Waals surface area (Å²) >= 11 is 0. The standard InChI is InChI=1S/C15H22F3NO/c1-4-11(3)20-10-14(19-5-2)12-7-6-8-13(9-12)15(16,17)18/h6-9,11,14,19H,4-5,10H2,1-3H3. The van der Waals surface area contributed by atoms with Crippen molar-refractivity contribution in [2.75, 3.05) is 13.2 Å². The quantitative estimate of drug-likeness (QED) is 0.813. The van der Waals surface area contributed by atoms with E-state index in [9.17, 15) is 13.2 Å². The molecule has 0 radical (unpaired) electrons. The largest absolute Gasteiger partial charge is 0.416 e. The minimum atomic E-state index is -4.32. The number of halogens is 3. The Morgan fingerprint density at radius 1 is 1.25 bits per heavy atom. The molecule has 114 valence electrons. The number of likely N-dealkylation sites (N-methyl/N-ethyl adjacent to an activating group) is 1. The summed E-state index contributed by atoms with van der Waals surface area (Å²) in [4.78, 5) is 0. The second-order valence-corrected chi connectivity index (χ2v) is 4.79. The zero-order chi connectivity index (χ0) is 15.2. The third-order valence-corrected chi connectivity index (χ3v) is 3.19. The van der Waals surface area contributed by atoms with Gasteiger partial charge in [0, 0.05) is 0 Å². The van der Waals surface area contributed by atoms with Crippen LogP contribution in [0.1, 0.15) is 44.4 Å². The predicted molar refractivity (Wildman–Crippen MR) is 73.6 cm³/mol. The Hall–Kier alpha value is -1.07. The molecule has 0 aliphatic carbocycles. The molecule has 2 nitrogen and oxygen atoms in total. The van der Waals surface area contributed by atoms with E-state index in [0.717, 1.165) is 12.5 Å². The minimum Gasteiger partial charge on any atom is -0.377 e. The van der Waals surface area contributed by atoms with Crippen LogP contribution in [0.15, 0.2) is 24.3 Å². The number of benzene rings is 1. The van der Waals surface area contributed by atoms with Gasteiger partial charge in [0.25, 0.3) is 0 Å². The van der Waals surface area contributed by atoms with Crippen LogP contribution < -0.4 is 5.32 Å². The molecule has 1 aromatic carbocycles. The monoisotopic (exact) mass is 289 g/mol. The van der Waals surface area contributed by atoms with Crippen LogP contribution in [-0.2, 0) is 10.9 Å². The van der Waals surface area contributed by atoms with Gasteiger partial charge >= 0.3 is 6.18 Å². The third kappa shape index (κ3) is 5.13. The molecular formula is C15H22F3NO. The molecule has 0 fully saturated rings. The molecule has 0 aliphatic rings. The van der Waals surface area contributed by atoms with Gasteiger partial charge in [-0.05, 0) is 37.6 Å². The van der Waals surface area contributed by atoms with E-state index in [0.29, 0.717) is 18.7 Å². The van der Waals surface area contributed by atoms with Crippen LogP contribution in [-0.4, -0.2) is 19.3 Å². The summed E-state index contributed by atoms with van der Waals surface area (Å²) in [6.07, 6.45) is -3.34. The molecule has 0 saturated carbocycles. The van der Waals surface area contributed by atoms with Gasteiger partial charge in [0.2, 0.25) is 0 Å². The van der Waals surface area contributed by atoms with Crippen LogP contribution >= 0.6 is 0 Å². The SMILES string of the molecule is CCNC(COC(C)CC)c1cccc(C(F)(F)F)c1. The molecule has 1 N–H and O–H groups in total. The minimum absolute atomic E-state index is 0.0990. The zero-order valence-corrected chi connectivity index (χ0v) is 12.1. The summed E-state index contributed by atoms with van der Waals surface area (Å²) in [6, 6.07) is 5.18. The van der Waals surface area contributed by atoms with Crippen LogP contribution in [0.2, 0.25) is 0 Å². The molecule has 0 saturated heterocycles. The van der Waals surface area contributed by atoms with Crippen LogP contribution in [0.25, 0.3) is 0 Å². The Morgan fingerprint density at radius 3 is 2.50 bits per heavy atom. The van der Waals surface area contributed by atoms with E-state index in [4.69, 9.17) is 4.74 Å². The van der Waals surface area contributed by atoms with Crippen molar-refractivity contribution in [1.29, 1.82) is 0 Å². The lowest BCUT2D eigenvalue weighted by atomic mass is 10.0. The summed E-state index contributed by atoms with van der Waals surface area (Å²) in [6.45, 7) is 6.92. The third-order valence-electron chi connectivity index (χ3n) is 3.19. The number of hydrogen-bond acceptors (Lipinski definition) is 2. The molecule has 0 bridgehead atoms. The van der Waals surface area contributed by atoms with Gasteiger partial charge in [0.15, 0.2) is 0 Å². The lowest BCUT2D eigenvalue weighted by Crippen LogP contribution is -2.27. The van der Waals surface area contributed by atoms with Crippen LogP contribution in [0.5, 0.6) is 0 Å². The highest BCUT2D eigenvalue weighted by atomic mass is 19.4. The van der Waals surface area contributed by atoms with Gasteiger partial charge in [-0.25, -0.2) is 0 Å². The molecule has 0 aliphatic heterocycles. The average Bonchev–Trinajstić information content (AvgIpc) is 2.42. The Balaban J connectivity index is 2.85. The summed E-state index contributed by atoms with van der Waals surface area (Å²) in [7, 11) is 0. The molecule has 20 heavy (non-hydrogen) atoms. The van der Waals surface area contributed by atoms with Crippen molar-refractivity contribution in [2.24, 2.45) is 0 Å². The van der Waals surface area contributed by atoms with Crippen molar-refractivity contribution in [3.05, 3.63) is 35.4 Å². The van der Waals surface area contributed by atoms with Crippen molar-refractivity contribution < 1.29 is 17.9 Å². The fraction of sp³-hybridized carbons (Fsp3) is 0.600. The molecule has 5 heteroatoms. The molecule has 1 rings (SSSR count). The lowest BCUT2D eigenvalue weighted by Gasteiger charge is -2.21.